The second kappa shape index (κ2) is 7.47. The molecule has 0 spiro atoms. The van der Waals surface area contributed by atoms with Crippen LogP contribution in [0.15, 0.2) is 50.5 Å². The topological polar surface area (TPSA) is 108 Å². The number of nitrogens with one attached hydrogen (secondary N) is 1. The maximum Gasteiger partial charge on any atom is 0.420 e. The Labute approximate surface area is 159 Å². The molecule has 0 saturated carbocycles. The Hall–Kier alpha value is -3.14. The summed E-state index contributed by atoms with van der Waals surface area (Å²) >= 11 is 0. The van der Waals surface area contributed by atoms with E-state index in [1.165, 1.54) is 24.3 Å². The quantitative estimate of drug-likeness (QED) is 0.628. The third-order valence-electron chi connectivity index (χ3n) is 3.97. The minimum absolute atomic E-state index is 0.00717. The number of aromatic nitrogens is 1. The van der Waals surface area contributed by atoms with Gasteiger partial charge in [0.05, 0.1) is 22.7 Å². The largest absolute Gasteiger partial charge is 0.465 e. The normalized spacial score (nSPS) is 11.5. The summed E-state index contributed by atoms with van der Waals surface area (Å²) in [4.78, 5) is 23.4. The zero-order valence-corrected chi connectivity index (χ0v) is 15.9. The van der Waals surface area contributed by atoms with Crippen LogP contribution in [-0.4, -0.2) is 25.6 Å². The molecule has 0 radical (unpaired) electrons. The molecule has 1 heterocycles. The maximum atomic E-state index is 13.6. The molecule has 8 nitrogen and oxygen atoms in total. The summed E-state index contributed by atoms with van der Waals surface area (Å²) < 4.78 is 51.9. The Morgan fingerprint density at radius 2 is 2.00 bits per heavy atom. The van der Waals surface area contributed by atoms with Crippen molar-refractivity contribution in [2.75, 3.05) is 11.3 Å². The molecule has 3 rings (SSSR count). The highest BCUT2D eigenvalue weighted by Crippen LogP contribution is 2.22. The van der Waals surface area contributed by atoms with Crippen molar-refractivity contribution >= 4 is 32.8 Å². The SMILES string of the molecule is CCOC(=O)Cn1c(=O)oc2cc(S(=O)(=O)Nc3ccc(C)c(F)c3)ccc21. The van der Waals surface area contributed by atoms with Crippen molar-refractivity contribution < 1.29 is 26.8 Å². The number of halogens is 1. The lowest BCUT2D eigenvalue weighted by Crippen LogP contribution is -2.21. The first-order valence-electron chi connectivity index (χ1n) is 8.29. The van der Waals surface area contributed by atoms with E-state index >= 15 is 0 Å². The van der Waals surface area contributed by atoms with Crippen LogP contribution in [0.4, 0.5) is 10.1 Å². The van der Waals surface area contributed by atoms with Crippen LogP contribution in [0.5, 0.6) is 0 Å². The summed E-state index contributed by atoms with van der Waals surface area (Å²) in [5, 5.41) is 0. The lowest BCUT2D eigenvalue weighted by Gasteiger charge is -2.09. The van der Waals surface area contributed by atoms with Crippen molar-refractivity contribution in [2.24, 2.45) is 0 Å². The molecular formula is C18H17FN2O6S. The number of nitrogens with zero attached hydrogens (tertiary/aromatic N) is 1. The fraction of sp³-hybridized carbons (Fsp3) is 0.222. The number of esters is 1. The summed E-state index contributed by atoms with van der Waals surface area (Å²) in [7, 11) is -4.05. The molecule has 1 N–H and O–H groups in total. The van der Waals surface area contributed by atoms with Crippen molar-refractivity contribution in [3.8, 4) is 0 Å². The third-order valence-corrected chi connectivity index (χ3v) is 5.35. The van der Waals surface area contributed by atoms with Gasteiger partial charge in [0.2, 0.25) is 0 Å². The number of fused-ring (bicyclic) bond motifs is 1. The summed E-state index contributed by atoms with van der Waals surface area (Å²) in [5.74, 6) is -1.98. The summed E-state index contributed by atoms with van der Waals surface area (Å²) in [6, 6.07) is 7.72. The Morgan fingerprint density at radius 3 is 2.68 bits per heavy atom. The van der Waals surface area contributed by atoms with Crippen LogP contribution in [-0.2, 0) is 26.1 Å². The van der Waals surface area contributed by atoms with Gasteiger partial charge in [-0.3, -0.25) is 14.1 Å². The van der Waals surface area contributed by atoms with Gasteiger partial charge in [-0.2, -0.15) is 0 Å². The molecule has 0 saturated heterocycles. The van der Waals surface area contributed by atoms with Gasteiger partial charge in [-0.25, -0.2) is 17.6 Å². The van der Waals surface area contributed by atoms with E-state index < -0.39 is 27.6 Å². The van der Waals surface area contributed by atoms with Gasteiger partial charge in [-0.05, 0) is 43.7 Å². The molecule has 1 aromatic heterocycles. The van der Waals surface area contributed by atoms with Crippen LogP contribution in [0.1, 0.15) is 12.5 Å². The molecule has 0 atom stereocenters. The summed E-state index contributed by atoms with van der Waals surface area (Å²) in [6.07, 6.45) is 0. The van der Waals surface area contributed by atoms with Gasteiger partial charge in [0.25, 0.3) is 10.0 Å². The van der Waals surface area contributed by atoms with Gasteiger partial charge in [0.15, 0.2) is 5.58 Å². The van der Waals surface area contributed by atoms with Gasteiger partial charge in [0.1, 0.15) is 12.4 Å². The van der Waals surface area contributed by atoms with Gasteiger partial charge in [-0.15, -0.1) is 0 Å². The number of aryl methyl sites for hydroxylation is 1. The number of carbonyl (C=O) groups excluding carboxylic acids is 1. The number of hydrogen-bond donors (Lipinski definition) is 1. The standard InChI is InChI=1S/C18H17FN2O6S/c1-3-26-17(22)10-21-15-7-6-13(9-16(15)27-18(21)23)28(24,25)20-12-5-4-11(2)14(19)8-12/h4-9,20H,3,10H2,1-2H3. The average Bonchev–Trinajstić information content (AvgIpc) is 2.93. The minimum atomic E-state index is -4.05. The second-order valence-electron chi connectivity index (χ2n) is 5.96. The highest BCUT2D eigenvalue weighted by atomic mass is 32.2. The predicted molar refractivity (Wildman–Crippen MR) is 99.1 cm³/mol. The van der Waals surface area contributed by atoms with E-state index in [4.69, 9.17) is 9.15 Å². The van der Waals surface area contributed by atoms with Crippen molar-refractivity contribution in [1.29, 1.82) is 0 Å². The molecule has 0 unspecified atom stereocenters. The van der Waals surface area contributed by atoms with Crippen molar-refractivity contribution in [2.45, 2.75) is 25.3 Å². The van der Waals surface area contributed by atoms with E-state index in [1.807, 2.05) is 0 Å². The van der Waals surface area contributed by atoms with Crippen molar-refractivity contribution in [1.82, 2.24) is 4.57 Å². The number of benzene rings is 2. The first kappa shape index (κ1) is 19.6. The molecule has 0 aliphatic heterocycles. The fourth-order valence-corrected chi connectivity index (χ4v) is 3.63. The van der Waals surface area contributed by atoms with Crippen LogP contribution in [0.25, 0.3) is 11.1 Å². The molecule has 0 aliphatic rings. The predicted octanol–water partition coefficient (Wildman–Crippen LogP) is 2.41. The lowest BCUT2D eigenvalue weighted by atomic mass is 10.2. The molecule has 3 aromatic rings. The Balaban J connectivity index is 1.94. The molecule has 0 bridgehead atoms. The van der Waals surface area contributed by atoms with Crippen molar-refractivity contribution in [3.05, 3.63) is 58.3 Å². The lowest BCUT2D eigenvalue weighted by molar-refractivity contribution is -0.143. The number of oxazole rings is 1. The van der Waals surface area contributed by atoms with E-state index in [2.05, 4.69) is 4.72 Å². The first-order valence-corrected chi connectivity index (χ1v) is 9.77. The highest BCUT2D eigenvalue weighted by Gasteiger charge is 2.19. The molecule has 28 heavy (non-hydrogen) atoms. The molecular weight excluding hydrogens is 391 g/mol. The molecule has 0 aliphatic carbocycles. The number of sulfonamides is 1. The fourth-order valence-electron chi connectivity index (χ4n) is 2.57. The number of anilines is 1. The number of hydrogen-bond acceptors (Lipinski definition) is 6. The van der Waals surface area contributed by atoms with E-state index in [0.29, 0.717) is 5.56 Å². The second-order valence-corrected chi connectivity index (χ2v) is 7.64. The number of rotatable bonds is 6. The van der Waals surface area contributed by atoms with Crippen molar-refractivity contribution in [3.63, 3.8) is 0 Å². The van der Waals surface area contributed by atoms with E-state index in [-0.39, 0.29) is 34.8 Å². The zero-order valence-electron chi connectivity index (χ0n) is 15.1. The Bertz CT molecular complexity index is 1210. The van der Waals surface area contributed by atoms with E-state index in [1.54, 1.807) is 13.8 Å². The smallest absolute Gasteiger partial charge is 0.420 e. The van der Waals surface area contributed by atoms with Crippen LogP contribution in [0.3, 0.4) is 0 Å². The Morgan fingerprint density at radius 1 is 1.25 bits per heavy atom. The monoisotopic (exact) mass is 408 g/mol. The zero-order chi connectivity index (χ0) is 20.5. The van der Waals surface area contributed by atoms with Gasteiger partial charge >= 0.3 is 11.7 Å². The molecule has 0 fully saturated rings. The summed E-state index contributed by atoms with van der Waals surface area (Å²) in [6.45, 7) is 3.01. The van der Waals surface area contributed by atoms with Crippen LogP contribution in [0, 0.1) is 12.7 Å². The Kier molecular flexibility index (Phi) is 5.23. The molecule has 0 amide bonds. The van der Waals surface area contributed by atoms with Crippen LogP contribution < -0.4 is 10.5 Å². The van der Waals surface area contributed by atoms with E-state index in [9.17, 15) is 22.4 Å². The summed E-state index contributed by atoms with van der Waals surface area (Å²) in [5.41, 5.74) is 0.684. The number of carbonyl (C=O) groups is 1. The highest BCUT2D eigenvalue weighted by molar-refractivity contribution is 7.92. The molecule has 10 heteroatoms. The average molecular weight is 408 g/mol. The molecule has 2 aromatic carbocycles. The van der Waals surface area contributed by atoms with Gasteiger partial charge in [0, 0.05) is 6.07 Å². The molecule has 148 valence electrons. The van der Waals surface area contributed by atoms with Crippen LogP contribution >= 0.6 is 0 Å². The minimum Gasteiger partial charge on any atom is -0.465 e. The van der Waals surface area contributed by atoms with E-state index in [0.717, 1.165) is 16.7 Å². The first-order chi connectivity index (χ1) is 13.2. The number of ether oxygens (including phenoxy) is 1. The van der Waals surface area contributed by atoms with Gasteiger partial charge < -0.3 is 9.15 Å². The van der Waals surface area contributed by atoms with Crippen LogP contribution in [0.2, 0.25) is 0 Å². The third kappa shape index (κ3) is 3.91. The van der Waals surface area contributed by atoms with Gasteiger partial charge in [-0.1, -0.05) is 6.07 Å². The maximum absolute atomic E-state index is 13.6.